The van der Waals surface area contributed by atoms with Crippen molar-refractivity contribution in [1.82, 2.24) is 9.88 Å². The summed E-state index contributed by atoms with van der Waals surface area (Å²) in [7, 11) is 2.08. The summed E-state index contributed by atoms with van der Waals surface area (Å²) >= 11 is 0. The smallest absolute Gasteiger partial charge is 0.160 e. The maximum absolute atomic E-state index is 13.3. The van der Waals surface area contributed by atoms with Crippen LogP contribution in [-0.4, -0.2) is 30.0 Å². The molecule has 0 saturated carbocycles. The Bertz CT molecular complexity index is 574. The molecule has 0 atom stereocenters. The Morgan fingerprint density at radius 3 is 2.65 bits per heavy atom. The highest BCUT2D eigenvalue weighted by Crippen LogP contribution is 2.27. The van der Waals surface area contributed by atoms with Gasteiger partial charge in [0.05, 0.1) is 0 Å². The van der Waals surface area contributed by atoms with E-state index in [9.17, 15) is 8.78 Å². The van der Waals surface area contributed by atoms with E-state index in [0.29, 0.717) is 5.52 Å². The van der Waals surface area contributed by atoms with Crippen LogP contribution in [0.2, 0.25) is 0 Å². The summed E-state index contributed by atoms with van der Waals surface area (Å²) in [6.07, 6.45) is 1.79. The molecule has 1 aliphatic heterocycles. The Balaban J connectivity index is 2.18. The van der Waals surface area contributed by atoms with Crippen LogP contribution in [-0.2, 0) is 12.8 Å². The highest BCUT2D eigenvalue weighted by molar-refractivity contribution is 5.85. The van der Waals surface area contributed by atoms with Gasteiger partial charge in [-0.3, -0.25) is 0 Å². The summed E-state index contributed by atoms with van der Waals surface area (Å²) in [6.45, 7) is 1.93. The molecule has 0 unspecified atom stereocenters. The van der Waals surface area contributed by atoms with Crippen molar-refractivity contribution in [2.75, 3.05) is 20.1 Å². The number of H-pyrrole nitrogens is 1. The zero-order valence-corrected chi connectivity index (χ0v) is 9.69. The second-order valence-corrected chi connectivity index (χ2v) is 4.70. The number of aromatic nitrogens is 1. The highest BCUT2D eigenvalue weighted by atomic mass is 19.2. The van der Waals surface area contributed by atoms with Crippen LogP contribution in [0, 0.1) is 11.6 Å². The van der Waals surface area contributed by atoms with Gasteiger partial charge in [-0.1, -0.05) is 0 Å². The van der Waals surface area contributed by atoms with E-state index in [1.165, 1.54) is 12.1 Å². The summed E-state index contributed by atoms with van der Waals surface area (Å²) in [5.41, 5.74) is 2.97. The van der Waals surface area contributed by atoms with Crippen molar-refractivity contribution < 1.29 is 8.78 Å². The van der Waals surface area contributed by atoms with Crippen LogP contribution < -0.4 is 0 Å². The van der Waals surface area contributed by atoms with E-state index in [-0.39, 0.29) is 0 Å². The van der Waals surface area contributed by atoms with Gasteiger partial charge in [0.1, 0.15) is 0 Å². The van der Waals surface area contributed by atoms with Crippen molar-refractivity contribution in [3.8, 4) is 0 Å². The molecule has 1 aliphatic rings. The Morgan fingerprint density at radius 1 is 1.12 bits per heavy atom. The first-order valence-electron chi connectivity index (χ1n) is 5.82. The number of likely N-dealkylation sites (N-methyl/N-ethyl adjacent to an activating group) is 1. The lowest BCUT2D eigenvalue weighted by atomic mass is 10.1. The van der Waals surface area contributed by atoms with E-state index >= 15 is 0 Å². The molecule has 1 aromatic heterocycles. The van der Waals surface area contributed by atoms with Crippen LogP contribution in [0.5, 0.6) is 0 Å². The van der Waals surface area contributed by atoms with E-state index in [4.69, 9.17) is 0 Å². The average molecular weight is 236 g/mol. The molecule has 0 bridgehead atoms. The molecular weight excluding hydrogens is 222 g/mol. The first-order chi connectivity index (χ1) is 8.15. The Hall–Kier alpha value is -1.42. The lowest BCUT2D eigenvalue weighted by molar-refractivity contribution is 0.352. The predicted molar refractivity (Wildman–Crippen MR) is 63.1 cm³/mol. The number of nitrogens with one attached hydrogen (secondary N) is 1. The molecular formula is C13H14F2N2. The van der Waals surface area contributed by atoms with Gasteiger partial charge in [0.25, 0.3) is 0 Å². The van der Waals surface area contributed by atoms with Gasteiger partial charge in [-0.05, 0) is 25.1 Å². The third kappa shape index (κ3) is 1.72. The van der Waals surface area contributed by atoms with E-state index in [1.54, 1.807) is 0 Å². The number of hydrogen-bond donors (Lipinski definition) is 1. The molecule has 1 N–H and O–H groups in total. The van der Waals surface area contributed by atoms with Crippen molar-refractivity contribution in [2.45, 2.75) is 12.8 Å². The van der Waals surface area contributed by atoms with Gasteiger partial charge in [-0.15, -0.1) is 0 Å². The Labute approximate surface area is 98.2 Å². The zero-order valence-electron chi connectivity index (χ0n) is 9.69. The maximum atomic E-state index is 13.3. The second-order valence-electron chi connectivity index (χ2n) is 4.70. The fourth-order valence-electron chi connectivity index (χ4n) is 2.52. The van der Waals surface area contributed by atoms with Crippen LogP contribution in [0.4, 0.5) is 8.78 Å². The largest absolute Gasteiger partial charge is 0.358 e. The minimum atomic E-state index is -0.786. The third-order valence-corrected chi connectivity index (χ3v) is 3.52. The fraction of sp³-hybridized carbons (Fsp3) is 0.385. The van der Waals surface area contributed by atoms with Crippen molar-refractivity contribution in [1.29, 1.82) is 0 Å². The van der Waals surface area contributed by atoms with E-state index in [0.717, 1.165) is 42.6 Å². The maximum Gasteiger partial charge on any atom is 0.160 e. The SMILES string of the molecule is CN1CCc2[nH]c3cc(F)c(F)cc3c2CC1. The van der Waals surface area contributed by atoms with Gasteiger partial charge in [-0.2, -0.15) is 0 Å². The van der Waals surface area contributed by atoms with Crippen LogP contribution in [0.3, 0.4) is 0 Å². The van der Waals surface area contributed by atoms with Gasteiger partial charge in [-0.25, -0.2) is 8.78 Å². The molecule has 3 rings (SSSR count). The van der Waals surface area contributed by atoms with E-state index < -0.39 is 11.6 Å². The first kappa shape index (κ1) is 10.7. The molecule has 0 fully saturated rings. The summed E-state index contributed by atoms with van der Waals surface area (Å²) in [5, 5.41) is 0.828. The monoisotopic (exact) mass is 236 g/mol. The summed E-state index contributed by atoms with van der Waals surface area (Å²) < 4.78 is 26.4. The molecule has 17 heavy (non-hydrogen) atoms. The van der Waals surface area contributed by atoms with Crippen LogP contribution in [0.1, 0.15) is 11.3 Å². The number of nitrogens with zero attached hydrogens (tertiary/aromatic N) is 1. The molecule has 4 heteroatoms. The first-order valence-corrected chi connectivity index (χ1v) is 5.82. The second kappa shape index (κ2) is 3.81. The van der Waals surface area contributed by atoms with E-state index in [2.05, 4.69) is 16.9 Å². The van der Waals surface area contributed by atoms with Crippen molar-refractivity contribution in [2.24, 2.45) is 0 Å². The van der Waals surface area contributed by atoms with Crippen molar-refractivity contribution in [3.63, 3.8) is 0 Å². The molecule has 0 amide bonds. The van der Waals surface area contributed by atoms with Gasteiger partial charge >= 0.3 is 0 Å². The minimum Gasteiger partial charge on any atom is -0.358 e. The zero-order chi connectivity index (χ0) is 12.0. The summed E-state index contributed by atoms with van der Waals surface area (Å²) in [5.74, 6) is -1.55. The molecule has 2 nitrogen and oxygen atoms in total. The quantitative estimate of drug-likeness (QED) is 0.744. The Kier molecular flexibility index (Phi) is 2.40. The Morgan fingerprint density at radius 2 is 1.82 bits per heavy atom. The number of fused-ring (bicyclic) bond motifs is 3. The molecule has 0 aliphatic carbocycles. The topological polar surface area (TPSA) is 19.0 Å². The normalized spacial score (nSPS) is 17.1. The molecule has 90 valence electrons. The number of benzene rings is 1. The lowest BCUT2D eigenvalue weighted by Gasteiger charge is -2.11. The van der Waals surface area contributed by atoms with E-state index in [1.807, 2.05) is 0 Å². The molecule has 1 aromatic carbocycles. The van der Waals surface area contributed by atoms with Crippen molar-refractivity contribution >= 4 is 10.9 Å². The van der Waals surface area contributed by atoms with Gasteiger partial charge < -0.3 is 9.88 Å². The molecule has 2 aromatic rings. The minimum absolute atomic E-state index is 0.707. The number of rotatable bonds is 0. The highest BCUT2D eigenvalue weighted by Gasteiger charge is 2.17. The third-order valence-electron chi connectivity index (χ3n) is 3.52. The molecule has 0 saturated heterocycles. The number of hydrogen-bond acceptors (Lipinski definition) is 1. The van der Waals surface area contributed by atoms with Gasteiger partial charge in [0.15, 0.2) is 11.6 Å². The van der Waals surface area contributed by atoms with Gasteiger partial charge in [0, 0.05) is 42.2 Å². The predicted octanol–water partition coefficient (Wildman–Crippen LogP) is 2.48. The molecule has 0 spiro atoms. The molecule has 0 radical (unpaired) electrons. The number of halogens is 2. The summed E-state index contributed by atoms with van der Waals surface area (Å²) in [4.78, 5) is 5.46. The average Bonchev–Trinajstić information content (AvgIpc) is 2.50. The van der Waals surface area contributed by atoms with Crippen LogP contribution in [0.25, 0.3) is 10.9 Å². The van der Waals surface area contributed by atoms with Crippen molar-refractivity contribution in [3.05, 3.63) is 35.0 Å². The van der Waals surface area contributed by atoms with Crippen LogP contribution >= 0.6 is 0 Å². The van der Waals surface area contributed by atoms with Gasteiger partial charge in [0.2, 0.25) is 0 Å². The fourth-order valence-corrected chi connectivity index (χ4v) is 2.52. The summed E-state index contributed by atoms with van der Waals surface area (Å²) in [6, 6.07) is 2.56. The standard InChI is InChI=1S/C13H14F2N2/c1-17-4-2-8-9-6-10(14)11(15)7-13(9)16-12(8)3-5-17/h6-7,16H,2-5H2,1H3. The molecule has 2 heterocycles. The lowest BCUT2D eigenvalue weighted by Crippen LogP contribution is -2.21. The van der Waals surface area contributed by atoms with Crippen LogP contribution in [0.15, 0.2) is 12.1 Å². The number of aromatic amines is 1.